The third-order valence-electron chi connectivity index (χ3n) is 2.66. The van der Waals surface area contributed by atoms with Crippen molar-refractivity contribution in [2.45, 2.75) is 26.5 Å². The van der Waals surface area contributed by atoms with Gasteiger partial charge in [-0.25, -0.2) is 0 Å². The van der Waals surface area contributed by atoms with Crippen LogP contribution in [0.25, 0.3) is 0 Å². The number of halogens is 2. The molecule has 1 atom stereocenters. The minimum absolute atomic E-state index is 0.0490. The van der Waals surface area contributed by atoms with E-state index >= 15 is 0 Å². The molecular weight excluding hydrogens is 284 g/mol. The summed E-state index contributed by atoms with van der Waals surface area (Å²) in [6, 6.07) is 3.80. The van der Waals surface area contributed by atoms with Crippen molar-refractivity contribution in [2.24, 2.45) is 5.73 Å². The Hall–Kier alpha value is -2.22. The molecule has 0 saturated heterocycles. The normalized spacial score (nSPS) is 12.5. The molecule has 0 spiro atoms. The summed E-state index contributed by atoms with van der Waals surface area (Å²) in [5.41, 5.74) is 6.61. The van der Waals surface area contributed by atoms with Gasteiger partial charge in [0.15, 0.2) is 17.3 Å². The van der Waals surface area contributed by atoms with Gasteiger partial charge in [-0.2, -0.15) is 13.8 Å². The lowest BCUT2D eigenvalue weighted by Gasteiger charge is -2.14. The van der Waals surface area contributed by atoms with E-state index in [1.165, 1.54) is 12.1 Å². The van der Waals surface area contributed by atoms with Crippen LogP contribution in [0.4, 0.5) is 8.78 Å². The Bertz CT molecular complexity index is 604. The highest BCUT2D eigenvalue weighted by atomic mass is 19.3. The fourth-order valence-corrected chi connectivity index (χ4v) is 1.77. The summed E-state index contributed by atoms with van der Waals surface area (Å²) in [7, 11) is 0. The van der Waals surface area contributed by atoms with E-state index in [1.54, 1.807) is 19.9 Å². The molecule has 0 aliphatic carbocycles. The molecule has 114 valence electrons. The van der Waals surface area contributed by atoms with Crippen LogP contribution >= 0.6 is 0 Å². The van der Waals surface area contributed by atoms with E-state index in [0.29, 0.717) is 23.9 Å². The molecule has 0 aliphatic heterocycles. The number of aryl methyl sites for hydroxylation is 1. The second-order valence-corrected chi connectivity index (χ2v) is 4.17. The molecule has 21 heavy (non-hydrogen) atoms. The maximum absolute atomic E-state index is 12.3. The quantitative estimate of drug-likeness (QED) is 0.882. The lowest BCUT2D eigenvalue weighted by atomic mass is 10.1. The number of alkyl halides is 2. The largest absolute Gasteiger partial charge is 0.490 e. The average Bonchev–Trinajstić information content (AvgIpc) is 2.86. The van der Waals surface area contributed by atoms with Crippen LogP contribution in [0.15, 0.2) is 22.7 Å². The summed E-state index contributed by atoms with van der Waals surface area (Å²) in [6.45, 7) is 0.763. The number of hydrogen-bond donors (Lipinski definition) is 1. The second-order valence-electron chi connectivity index (χ2n) is 4.17. The molecule has 6 nitrogen and oxygen atoms in total. The zero-order valence-electron chi connectivity index (χ0n) is 11.5. The molecule has 2 N–H and O–H groups in total. The van der Waals surface area contributed by atoms with Gasteiger partial charge in [-0.05, 0) is 24.6 Å². The third kappa shape index (κ3) is 3.66. The second kappa shape index (κ2) is 6.49. The van der Waals surface area contributed by atoms with Crippen LogP contribution in [0.1, 0.15) is 30.2 Å². The van der Waals surface area contributed by atoms with E-state index in [1.807, 2.05) is 0 Å². The maximum atomic E-state index is 12.3. The van der Waals surface area contributed by atoms with E-state index in [4.69, 9.17) is 15.0 Å². The summed E-state index contributed by atoms with van der Waals surface area (Å²) in [5, 5.41) is 3.74. The Balaban J connectivity index is 2.30. The highest BCUT2D eigenvalue weighted by molar-refractivity contribution is 5.44. The van der Waals surface area contributed by atoms with Gasteiger partial charge >= 0.3 is 6.61 Å². The molecule has 0 saturated carbocycles. The number of ether oxygens (including phenoxy) is 2. The van der Waals surface area contributed by atoms with Crippen LogP contribution in [0.3, 0.4) is 0 Å². The van der Waals surface area contributed by atoms with Crippen LogP contribution < -0.4 is 15.2 Å². The van der Waals surface area contributed by atoms with E-state index < -0.39 is 12.7 Å². The van der Waals surface area contributed by atoms with Crippen molar-refractivity contribution < 1.29 is 22.8 Å². The van der Waals surface area contributed by atoms with Crippen molar-refractivity contribution >= 4 is 0 Å². The SMILES string of the molecule is CCOc1cc(C(N)c2noc(C)n2)ccc1OC(F)F. The first-order chi connectivity index (χ1) is 10.0. The summed E-state index contributed by atoms with van der Waals surface area (Å²) in [6.07, 6.45) is 0. The highest BCUT2D eigenvalue weighted by Gasteiger charge is 2.18. The van der Waals surface area contributed by atoms with Crippen molar-refractivity contribution in [3.05, 3.63) is 35.5 Å². The number of rotatable bonds is 6. The Morgan fingerprint density at radius 3 is 2.67 bits per heavy atom. The summed E-state index contributed by atoms with van der Waals surface area (Å²) >= 11 is 0. The minimum Gasteiger partial charge on any atom is -0.490 e. The summed E-state index contributed by atoms with van der Waals surface area (Å²) in [4.78, 5) is 4.04. The number of benzene rings is 1. The first kappa shape index (κ1) is 15.2. The topological polar surface area (TPSA) is 83.4 Å². The smallest absolute Gasteiger partial charge is 0.387 e. The van der Waals surface area contributed by atoms with Crippen molar-refractivity contribution in [1.29, 1.82) is 0 Å². The molecule has 1 heterocycles. The van der Waals surface area contributed by atoms with Crippen molar-refractivity contribution in [3.63, 3.8) is 0 Å². The van der Waals surface area contributed by atoms with E-state index in [2.05, 4.69) is 14.9 Å². The third-order valence-corrected chi connectivity index (χ3v) is 2.66. The Labute approximate surface area is 119 Å². The van der Waals surface area contributed by atoms with Gasteiger partial charge in [-0.15, -0.1) is 0 Å². The maximum Gasteiger partial charge on any atom is 0.387 e. The number of hydrogen-bond acceptors (Lipinski definition) is 6. The molecule has 2 aromatic rings. The summed E-state index contributed by atoms with van der Waals surface area (Å²) < 4.78 is 39.2. The zero-order chi connectivity index (χ0) is 15.4. The van der Waals surface area contributed by atoms with Crippen LogP contribution in [0, 0.1) is 6.92 Å². The first-order valence-corrected chi connectivity index (χ1v) is 6.28. The molecule has 1 aromatic carbocycles. The molecule has 2 rings (SSSR count). The standard InChI is InChI=1S/C13H15F2N3O3/c1-3-19-10-6-8(4-5-9(10)20-13(14)15)11(16)12-17-7(2)21-18-12/h4-6,11,13H,3,16H2,1-2H3. The molecule has 0 amide bonds. The van der Waals surface area contributed by atoms with Gasteiger partial charge < -0.3 is 19.7 Å². The van der Waals surface area contributed by atoms with Crippen LogP contribution in [0.2, 0.25) is 0 Å². The van der Waals surface area contributed by atoms with Gasteiger partial charge in [0.05, 0.1) is 12.6 Å². The molecule has 1 aromatic heterocycles. The van der Waals surface area contributed by atoms with Crippen LogP contribution in [-0.4, -0.2) is 23.4 Å². The Kier molecular flexibility index (Phi) is 4.69. The van der Waals surface area contributed by atoms with Crippen molar-refractivity contribution in [3.8, 4) is 11.5 Å². The molecule has 0 bridgehead atoms. The lowest BCUT2D eigenvalue weighted by molar-refractivity contribution is -0.0514. The predicted molar refractivity (Wildman–Crippen MR) is 69.3 cm³/mol. The monoisotopic (exact) mass is 299 g/mol. The van der Waals surface area contributed by atoms with E-state index in [-0.39, 0.29) is 11.5 Å². The molecule has 0 radical (unpaired) electrons. The van der Waals surface area contributed by atoms with Gasteiger partial charge in [-0.3, -0.25) is 0 Å². The molecule has 0 fully saturated rings. The average molecular weight is 299 g/mol. The van der Waals surface area contributed by atoms with Gasteiger partial charge in [0.1, 0.15) is 0 Å². The fraction of sp³-hybridized carbons (Fsp3) is 0.385. The number of nitrogens with zero attached hydrogens (tertiary/aromatic N) is 2. The van der Waals surface area contributed by atoms with E-state index in [9.17, 15) is 8.78 Å². The van der Waals surface area contributed by atoms with Crippen molar-refractivity contribution in [2.75, 3.05) is 6.61 Å². The zero-order valence-corrected chi connectivity index (χ0v) is 11.5. The highest BCUT2D eigenvalue weighted by Crippen LogP contribution is 2.32. The van der Waals surface area contributed by atoms with Gasteiger partial charge in [0, 0.05) is 6.92 Å². The number of aromatic nitrogens is 2. The Morgan fingerprint density at radius 2 is 2.10 bits per heavy atom. The van der Waals surface area contributed by atoms with Crippen molar-refractivity contribution in [1.82, 2.24) is 10.1 Å². The minimum atomic E-state index is -2.93. The van der Waals surface area contributed by atoms with E-state index in [0.717, 1.165) is 0 Å². The molecule has 8 heteroatoms. The summed E-state index contributed by atoms with van der Waals surface area (Å²) in [5.74, 6) is 0.832. The fourth-order valence-electron chi connectivity index (χ4n) is 1.77. The van der Waals surface area contributed by atoms with Crippen LogP contribution in [0.5, 0.6) is 11.5 Å². The first-order valence-electron chi connectivity index (χ1n) is 6.28. The van der Waals surface area contributed by atoms with Gasteiger partial charge in [0.25, 0.3) is 0 Å². The predicted octanol–water partition coefficient (Wildman–Crippen LogP) is 2.43. The Morgan fingerprint density at radius 1 is 1.33 bits per heavy atom. The number of nitrogens with two attached hydrogens (primary N) is 1. The van der Waals surface area contributed by atoms with Gasteiger partial charge in [0.2, 0.25) is 5.89 Å². The molecule has 1 unspecified atom stereocenters. The van der Waals surface area contributed by atoms with Crippen LogP contribution in [-0.2, 0) is 0 Å². The van der Waals surface area contributed by atoms with Gasteiger partial charge in [-0.1, -0.05) is 11.2 Å². The molecule has 0 aliphatic rings. The lowest BCUT2D eigenvalue weighted by Crippen LogP contribution is -2.14. The molecular formula is C13H15F2N3O3.